The van der Waals surface area contributed by atoms with E-state index in [0.29, 0.717) is 12.0 Å². The first-order valence-corrected chi connectivity index (χ1v) is 8.09. The minimum Gasteiger partial charge on any atom is -0.436 e. The highest BCUT2D eigenvalue weighted by molar-refractivity contribution is 7.67. The molecule has 2 aromatic carbocycles. The lowest BCUT2D eigenvalue weighted by atomic mass is 10.3. The third-order valence-electron chi connectivity index (χ3n) is 2.67. The maximum Gasteiger partial charge on any atom is 0.329 e. The van der Waals surface area contributed by atoms with Crippen LogP contribution in [0.2, 0.25) is 0 Å². The molecule has 0 bridgehead atoms. The Bertz CT molecular complexity index is 555. The highest BCUT2D eigenvalue weighted by atomic mass is 31.2. The van der Waals surface area contributed by atoms with Crippen LogP contribution in [0.4, 0.5) is 0 Å². The van der Waals surface area contributed by atoms with Gasteiger partial charge in [-0.1, -0.05) is 36.4 Å². The summed E-state index contributed by atoms with van der Waals surface area (Å²) in [6, 6.07) is 18.8. The van der Waals surface area contributed by atoms with Crippen LogP contribution in [0.3, 0.4) is 0 Å². The second-order valence-corrected chi connectivity index (χ2v) is 7.14. The highest BCUT2D eigenvalue weighted by Crippen LogP contribution is 2.43. The van der Waals surface area contributed by atoms with Gasteiger partial charge in [0.2, 0.25) is 0 Å². The molecule has 19 heavy (non-hydrogen) atoms. The molecule has 0 saturated heterocycles. The summed E-state index contributed by atoms with van der Waals surface area (Å²) in [4.78, 5) is 1.10. The smallest absolute Gasteiger partial charge is 0.329 e. The highest BCUT2D eigenvalue weighted by Gasteiger charge is 2.30. The number of quaternary nitrogens is 1. The zero-order valence-corrected chi connectivity index (χ0v) is 12.1. The molecule has 0 aliphatic heterocycles. The van der Waals surface area contributed by atoms with Crippen molar-refractivity contribution in [3.63, 3.8) is 0 Å². The molecule has 2 rings (SSSR count). The lowest BCUT2D eigenvalue weighted by molar-refractivity contribution is -0.845. The molecule has 2 aromatic rings. The summed E-state index contributed by atoms with van der Waals surface area (Å²) >= 11 is 0. The molecule has 1 unspecified atom stereocenters. The number of rotatable bonds is 5. The van der Waals surface area contributed by atoms with Gasteiger partial charge in [0, 0.05) is 0 Å². The Morgan fingerprint density at radius 2 is 1.47 bits per heavy atom. The van der Waals surface area contributed by atoms with Crippen molar-refractivity contribution >= 4 is 12.7 Å². The van der Waals surface area contributed by atoms with Crippen molar-refractivity contribution in [2.45, 2.75) is 0 Å². The van der Waals surface area contributed by atoms with Gasteiger partial charge in [0.25, 0.3) is 0 Å². The second-order valence-electron chi connectivity index (χ2n) is 4.78. The SMILES string of the molecule is C[NH+](C)CP(=O)(Oc1ccccc1)c1ccccc1. The fraction of sp³-hybridized carbons (Fsp3) is 0.200. The fourth-order valence-electron chi connectivity index (χ4n) is 1.90. The van der Waals surface area contributed by atoms with Crippen LogP contribution in [0.25, 0.3) is 0 Å². The van der Waals surface area contributed by atoms with Crippen molar-refractivity contribution < 1.29 is 14.0 Å². The number of benzene rings is 2. The van der Waals surface area contributed by atoms with E-state index in [-0.39, 0.29) is 0 Å². The molecule has 0 aliphatic rings. The van der Waals surface area contributed by atoms with Crippen molar-refractivity contribution in [2.24, 2.45) is 0 Å². The van der Waals surface area contributed by atoms with Gasteiger partial charge in [0.1, 0.15) is 5.75 Å². The molecular formula is C15H19NO2P+. The Balaban J connectivity index is 2.33. The van der Waals surface area contributed by atoms with Crippen LogP contribution in [0.1, 0.15) is 0 Å². The Morgan fingerprint density at radius 1 is 0.947 bits per heavy atom. The summed E-state index contributed by atoms with van der Waals surface area (Å²) in [6.45, 7) is 0. The van der Waals surface area contributed by atoms with Gasteiger partial charge < -0.3 is 9.42 Å². The maximum absolute atomic E-state index is 13.2. The maximum atomic E-state index is 13.2. The van der Waals surface area contributed by atoms with E-state index in [1.54, 1.807) is 0 Å². The molecule has 0 spiro atoms. The van der Waals surface area contributed by atoms with Crippen LogP contribution in [-0.2, 0) is 4.57 Å². The number of hydrogen-bond donors (Lipinski definition) is 1. The van der Waals surface area contributed by atoms with E-state index in [1.807, 2.05) is 74.8 Å². The van der Waals surface area contributed by atoms with E-state index in [4.69, 9.17) is 4.52 Å². The molecule has 0 heterocycles. The molecule has 0 aromatic heterocycles. The van der Waals surface area contributed by atoms with E-state index in [9.17, 15) is 4.57 Å². The molecule has 0 radical (unpaired) electrons. The van der Waals surface area contributed by atoms with Crippen LogP contribution < -0.4 is 14.7 Å². The van der Waals surface area contributed by atoms with Gasteiger partial charge in [-0.15, -0.1) is 0 Å². The summed E-state index contributed by atoms with van der Waals surface area (Å²) in [7, 11) is 1.07. The molecule has 1 atom stereocenters. The molecule has 0 aliphatic carbocycles. The number of hydrogen-bond acceptors (Lipinski definition) is 2. The monoisotopic (exact) mass is 276 g/mol. The van der Waals surface area contributed by atoms with Gasteiger partial charge in [-0.25, -0.2) is 0 Å². The Hall–Kier alpha value is -1.57. The van der Waals surface area contributed by atoms with Gasteiger partial charge in [-0.05, 0) is 24.3 Å². The number of para-hydroxylation sites is 1. The van der Waals surface area contributed by atoms with Gasteiger partial charge in [0.05, 0.1) is 19.4 Å². The largest absolute Gasteiger partial charge is 0.436 e. The molecular weight excluding hydrogens is 257 g/mol. The lowest BCUT2D eigenvalue weighted by Gasteiger charge is -2.21. The predicted molar refractivity (Wildman–Crippen MR) is 78.4 cm³/mol. The quantitative estimate of drug-likeness (QED) is 0.844. The van der Waals surface area contributed by atoms with Crippen molar-refractivity contribution in [2.75, 3.05) is 20.4 Å². The van der Waals surface area contributed by atoms with Gasteiger partial charge in [-0.3, -0.25) is 4.57 Å². The first kappa shape index (κ1) is 13.9. The minimum absolute atomic E-state index is 0.464. The Kier molecular flexibility index (Phi) is 4.41. The minimum atomic E-state index is -2.89. The molecule has 100 valence electrons. The van der Waals surface area contributed by atoms with Crippen LogP contribution >= 0.6 is 7.37 Å². The van der Waals surface area contributed by atoms with Gasteiger partial charge in [0.15, 0.2) is 6.29 Å². The second kappa shape index (κ2) is 6.05. The average molecular weight is 276 g/mol. The fourth-order valence-corrected chi connectivity index (χ4v) is 4.17. The standard InChI is InChI=1S/C15H18NO2P/c1-16(2)13-19(17,15-11-7-4-8-12-15)18-14-9-5-3-6-10-14/h3-12H,13H2,1-2H3/p+1. The summed E-state index contributed by atoms with van der Waals surface area (Å²) < 4.78 is 19.0. The Labute approximate surface area is 114 Å². The van der Waals surface area contributed by atoms with Crippen LogP contribution in [0.15, 0.2) is 60.7 Å². The normalized spacial score (nSPS) is 14.1. The lowest BCUT2D eigenvalue weighted by Crippen LogP contribution is -3.05. The first-order valence-electron chi connectivity index (χ1n) is 6.28. The molecule has 1 N–H and O–H groups in total. The third kappa shape index (κ3) is 3.69. The average Bonchev–Trinajstić information content (AvgIpc) is 2.40. The van der Waals surface area contributed by atoms with Gasteiger partial charge >= 0.3 is 7.37 Å². The first-order chi connectivity index (χ1) is 9.10. The van der Waals surface area contributed by atoms with E-state index in [1.165, 1.54) is 0 Å². The van der Waals surface area contributed by atoms with E-state index in [2.05, 4.69) is 0 Å². The van der Waals surface area contributed by atoms with Crippen LogP contribution in [0.5, 0.6) is 5.75 Å². The van der Waals surface area contributed by atoms with Crippen LogP contribution in [0, 0.1) is 0 Å². The summed E-state index contributed by atoms with van der Waals surface area (Å²) in [5.41, 5.74) is 0. The molecule has 0 amide bonds. The molecule has 4 heteroatoms. The van der Waals surface area contributed by atoms with E-state index >= 15 is 0 Å². The summed E-state index contributed by atoms with van der Waals surface area (Å²) in [5.74, 6) is 0.649. The summed E-state index contributed by atoms with van der Waals surface area (Å²) in [5, 5.41) is 0.764. The Morgan fingerprint density at radius 3 is 2.00 bits per heavy atom. The van der Waals surface area contributed by atoms with E-state index in [0.717, 1.165) is 10.2 Å². The van der Waals surface area contributed by atoms with Gasteiger partial charge in [-0.2, -0.15) is 0 Å². The molecule has 0 saturated carbocycles. The number of nitrogens with one attached hydrogen (secondary N) is 1. The van der Waals surface area contributed by atoms with Crippen molar-refractivity contribution in [1.29, 1.82) is 0 Å². The third-order valence-corrected chi connectivity index (χ3v) is 5.31. The molecule has 0 fully saturated rings. The van der Waals surface area contributed by atoms with Crippen LogP contribution in [-0.4, -0.2) is 20.4 Å². The van der Waals surface area contributed by atoms with Crippen molar-refractivity contribution in [3.05, 3.63) is 60.7 Å². The topological polar surface area (TPSA) is 30.7 Å². The zero-order valence-electron chi connectivity index (χ0n) is 11.2. The van der Waals surface area contributed by atoms with E-state index < -0.39 is 7.37 Å². The zero-order chi connectivity index (χ0) is 13.7. The van der Waals surface area contributed by atoms with Crippen molar-refractivity contribution in [1.82, 2.24) is 0 Å². The predicted octanol–water partition coefficient (Wildman–Crippen LogP) is 1.77. The van der Waals surface area contributed by atoms with Crippen molar-refractivity contribution in [3.8, 4) is 5.75 Å². The summed E-state index contributed by atoms with van der Waals surface area (Å²) in [6.07, 6.45) is 0.464. The molecule has 3 nitrogen and oxygen atoms in total.